The molecule has 0 aliphatic carbocycles. The number of pyridine rings is 1. The van der Waals surface area contributed by atoms with E-state index in [1.807, 2.05) is 42.6 Å². The summed E-state index contributed by atoms with van der Waals surface area (Å²) in [4.78, 5) is 14.9. The van der Waals surface area contributed by atoms with Gasteiger partial charge in [0.2, 0.25) is 0 Å². The Labute approximate surface area is 357 Å². The van der Waals surface area contributed by atoms with Crippen LogP contribution in [0.25, 0.3) is 122 Å². The molecule has 62 heavy (non-hydrogen) atoms. The molecule has 0 bridgehead atoms. The molecule has 290 valence electrons. The lowest BCUT2D eigenvalue weighted by molar-refractivity contribution is 0.668. The first-order chi connectivity index (χ1) is 30.7. The molecule has 4 heterocycles. The summed E-state index contributed by atoms with van der Waals surface area (Å²) in [5.74, 6) is 0.651. The van der Waals surface area contributed by atoms with E-state index in [4.69, 9.17) is 18.8 Å². The highest BCUT2D eigenvalue weighted by atomic mass is 16.3. The molecule has 8 aromatic carbocycles. The summed E-state index contributed by atoms with van der Waals surface area (Å²) in [6, 6.07) is 69.8. The molecule has 0 fully saturated rings. The fourth-order valence-electron chi connectivity index (χ4n) is 8.60. The van der Waals surface area contributed by atoms with Gasteiger partial charge in [0.25, 0.3) is 0 Å². The van der Waals surface area contributed by atoms with E-state index in [9.17, 15) is 0 Å². The second-order valence-corrected chi connectivity index (χ2v) is 15.6. The molecule has 0 spiro atoms. The molecule has 12 aromatic rings. The van der Waals surface area contributed by atoms with Crippen molar-refractivity contribution in [3.05, 3.63) is 213 Å². The highest BCUT2D eigenvalue weighted by molar-refractivity contribution is 6.07. The van der Waals surface area contributed by atoms with E-state index in [1.165, 1.54) is 0 Å². The van der Waals surface area contributed by atoms with Gasteiger partial charge in [-0.25, -0.2) is 9.97 Å². The molecule has 12 rings (SSSR count). The van der Waals surface area contributed by atoms with Gasteiger partial charge in [-0.1, -0.05) is 133 Å². The summed E-state index contributed by atoms with van der Waals surface area (Å²) in [6.07, 6.45) is 3.68. The van der Waals surface area contributed by atoms with Crippen LogP contribution in [0.1, 0.15) is 0 Å². The van der Waals surface area contributed by atoms with Crippen LogP contribution in [0.15, 0.2) is 221 Å². The zero-order chi connectivity index (χ0) is 41.0. The van der Waals surface area contributed by atoms with Crippen molar-refractivity contribution >= 4 is 43.9 Å². The van der Waals surface area contributed by atoms with Gasteiger partial charge in [0, 0.05) is 50.6 Å². The Balaban J connectivity index is 1.05. The monoisotopic (exact) mass is 793 g/mol. The molecule has 0 unspecified atom stereocenters. The fraction of sp³-hybridized carbons (Fsp3) is 0. The Kier molecular flexibility index (Phi) is 8.42. The van der Waals surface area contributed by atoms with Crippen LogP contribution in [0.2, 0.25) is 0 Å². The Hall–Kier alpha value is -8.41. The van der Waals surface area contributed by atoms with Gasteiger partial charge < -0.3 is 8.83 Å². The van der Waals surface area contributed by atoms with Crippen molar-refractivity contribution in [1.29, 1.82) is 0 Å². The van der Waals surface area contributed by atoms with E-state index >= 15 is 0 Å². The molecule has 0 atom stereocenters. The number of fused-ring (bicyclic) bond motifs is 6. The maximum absolute atomic E-state index is 6.24. The molecule has 4 aromatic heterocycles. The van der Waals surface area contributed by atoms with Gasteiger partial charge in [0.15, 0.2) is 5.82 Å². The van der Waals surface area contributed by atoms with Gasteiger partial charge in [0.05, 0.1) is 11.4 Å². The smallest absolute Gasteiger partial charge is 0.160 e. The molecule has 0 radical (unpaired) electrons. The zero-order valence-corrected chi connectivity index (χ0v) is 33.4. The lowest BCUT2D eigenvalue weighted by atomic mass is 9.93. The summed E-state index contributed by atoms with van der Waals surface area (Å²) >= 11 is 0. The van der Waals surface area contributed by atoms with Crippen molar-refractivity contribution in [2.45, 2.75) is 0 Å². The predicted molar refractivity (Wildman–Crippen MR) is 252 cm³/mol. The summed E-state index contributed by atoms with van der Waals surface area (Å²) in [7, 11) is 0. The normalized spacial score (nSPS) is 11.5. The Morgan fingerprint density at radius 2 is 0.726 bits per heavy atom. The van der Waals surface area contributed by atoms with Crippen LogP contribution in [0, 0.1) is 0 Å². The minimum atomic E-state index is 0.651. The topological polar surface area (TPSA) is 65.0 Å². The van der Waals surface area contributed by atoms with Gasteiger partial charge in [-0.2, -0.15) is 0 Å². The van der Waals surface area contributed by atoms with E-state index in [0.29, 0.717) is 5.82 Å². The van der Waals surface area contributed by atoms with E-state index < -0.39 is 0 Å². The average molecular weight is 794 g/mol. The molecule has 0 aliphatic rings. The number of rotatable bonds is 7. The third-order valence-corrected chi connectivity index (χ3v) is 11.8. The number of benzene rings is 8. The van der Waals surface area contributed by atoms with Crippen molar-refractivity contribution in [3.63, 3.8) is 0 Å². The minimum Gasteiger partial charge on any atom is -0.456 e. The Bertz CT molecular complexity index is 3380. The standard InChI is InChI=1S/C57H35N3O2/c1-2-9-36(10-3-1)37-18-22-40(23-19-37)57-59-51(39-20-16-38(17-21-39)43-11-8-28-58-35-43)34-52(60-57)46-30-44(41-24-26-55-49(32-41)47-12-4-6-14-53(47)61-55)29-45(31-46)42-25-27-56-50(33-42)48-13-5-7-15-54(48)62-56/h1-35H. The van der Waals surface area contributed by atoms with Crippen molar-refractivity contribution in [3.8, 4) is 78.4 Å². The number of para-hydroxylation sites is 2. The van der Waals surface area contributed by atoms with Gasteiger partial charge in [0.1, 0.15) is 22.3 Å². The lowest BCUT2D eigenvalue weighted by Crippen LogP contribution is -1.97. The number of hydrogen-bond donors (Lipinski definition) is 0. The first-order valence-electron chi connectivity index (χ1n) is 20.7. The average Bonchev–Trinajstić information content (AvgIpc) is 3.92. The van der Waals surface area contributed by atoms with Crippen LogP contribution in [0.3, 0.4) is 0 Å². The quantitative estimate of drug-likeness (QED) is 0.161. The number of furan rings is 2. The van der Waals surface area contributed by atoms with Crippen molar-refractivity contribution in [2.75, 3.05) is 0 Å². The first kappa shape index (κ1) is 35.5. The first-order valence-corrected chi connectivity index (χ1v) is 20.7. The zero-order valence-electron chi connectivity index (χ0n) is 33.4. The van der Waals surface area contributed by atoms with Crippen molar-refractivity contribution in [2.24, 2.45) is 0 Å². The summed E-state index contributed by atoms with van der Waals surface area (Å²) in [5, 5.41) is 4.35. The molecule has 0 aliphatic heterocycles. The molecular formula is C57H35N3O2. The van der Waals surface area contributed by atoms with Crippen LogP contribution in [-0.4, -0.2) is 15.0 Å². The van der Waals surface area contributed by atoms with E-state index in [1.54, 1.807) is 6.20 Å². The van der Waals surface area contributed by atoms with Gasteiger partial charge in [-0.05, 0) is 111 Å². The number of hydrogen-bond acceptors (Lipinski definition) is 5. The third kappa shape index (κ3) is 6.40. The summed E-state index contributed by atoms with van der Waals surface area (Å²) in [5.41, 5.74) is 16.8. The third-order valence-electron chi connectivity index (χ3n) is 11.8. The lowest BCUT2D eigenvalue weighted by Gasteiger charge is -2.14. The fourth-order valence-corrected chi connectivity index (χ4v) is 8.60. The van der Waals surface area contributed by atoms with E-state index in [0.717, 1.165) is 116 Å². The number of nitrogens with zero attached hydrogens (tertiary/aromatic N) is 3. The Morgan fingerprint density at radius 3 is 1.32 bits per heavy atom. The van der Waals surface area contributed by atoms with Gasteiger partial charge in [-0.15, -0.1) is 0 Å². The molecule has 0 N–H and O–H groups in total. The molecule has 0 saturated carbocycles. The summed E-state index contributed by atoms with van der Waals surface area (Å²) in [6.45, 7) is 0. The molecule has 0 saturated heterocycles. The number of aromatic nitrogens is 3. The van der Waals surface area contributed by atoms with E-state index in [2.05, 4.69) is 169 Å². The van der Waals surface area contributed by atoms with Crippen LogP contribution in [0.4, 0.5) is 0 Å². The Morgan fingerprint density at radius 1 is 0.274 bits per heavy atom. The largest absolute Gasteiger partial charge is 0.456 e. The maximum Gasteiger partial charge on any atom is 0.160 e. The second kappa shape index (κ2) is 14.7. The minimum absolute atomic E-state index is 0.651. The maximum atomic E-state index is 6.24. The van der Waals surface area contributed by atoms with E-state index in [-0.39, 0.29) is 0 Å². The van der Waals surface area contributed by atoms with Crippen LogP contribution in [-0.2, 0) is 0 Å². The summed E-state index contributed by atoms with van der Waals surface area (Å²) < 4.78 is 12.5. The highest BCUT2D eigenvalue weighted by Gasteiger charge is 2.17. The molecular weight excluding hydrogens is 759 g/mol. The SMILES string of the molecule is c1ccc(-c2ccc(-c3nc(-c4ccc(-c5cccnc5)cc4)cc(-c4cc(-c5ccc6oc7ccccc7c6c5)cc(-c5ccc6oc7ccccc7c6c5)c4)n3)cc2)cc1. The second-order valence-electron chi connectivity index (χ2n) is 15.6. The van der Waals surface area contributed by atoms with Gasteiger partial charge >= 0.3 is 0 Å². The van der Waals surface area contributed by atoms with Crippen molar-refractivity contribution < 1.29 is 8.83 Å². The van der Waals surface area contributed by atoms with Crippen molar-refractivity contribution in [1.82, 2.24) is 15.0 Å². The van der Waals surface area contributed by atoms with Crippen LogP contribution in [0.5, 0.6) is 0 Å². The molecule has 5 nitrogen and oxygen atoms in total. The molecule has 5 heteroatoms. The molecule has 0 amide bonds. The highest BCUT2D eigenvalue weighted by Crippen LogP contribution is 2.39. The van der Waals surface area contributed by atoms with Crippen LogP contribution < -0.4 is 0 Å². The predicted octanol–water partition coefficient (Wildman–Crippen LogP) is 15.3. The van der Waals surface area contributed by atoms with Gasteiger partial charge in [-0.3, -0.25) is 4.98 Å². The van der Waals surface area contributed by atoms with Crippen LogP contribution >= 0.6 is 0 Å².